The third-order valence-corrected chi connectivity index (χ3v) is 5.00. The molecular formula is C24H22N4O5. The molecule has 0 saturated carbocycles. The number of hydrogen-bond acceptors (Lipinski definition) is 6. The monoisotopic (exact) mass is 446 g/mol. The summed E-state index contributed by atoms with van der Waals surface area (Å²) in [5.74, 6) is 0.476. The van der Waals surface area contributed by atoms with Gasteiger partial charge in [0, 0.05) is 36.5 Å². The lowest BCUT2D eigenvalue weighted by molar-refractivity contribution is -0.115. The van der Waals surface area contributed by atoms with Crippen LogP contribution in [0.3, 0.4) is 0 Å². The Bertz CT molecular complexity index is 1310. The van der Waals surface area contributed by atoms with Crippen LogP contribution in [-0.2, 0) is 17.8 Å². The predicted molar refractivity (Wildman–Crippen MR) is 122 cm³/mol. The van der Waals surface area contributed by atoms with Gasteiger partial charge in [-0.3, -0.25) is 14.5 Å². The van der Waals surface area contributed by atoms with E-state index in [2.05, 4.69) is 15.4 Å². The van der Waals surface area contributed by atoms with Crippen LogP contribution in [0.4, 0.5) is 5.82 Å². The fourth-order valence-electron chi connectivity index (χ4n) is 3.35. The molecule has 168 valence electrons. The van der Waals surface area contributed by atoms with Crippen molar-refractivity contribution in [1.29, 1.82) is 0 Å². The van der Waals surface area contributed by atoms with E-state index in [1.54, 1.807) is 59.5 Å². The SMILES string of the molecule is CCn1ccc(NC(=O)Cc2ccc(Oc3ccnc4cc(OC)c(C(=O)O)cc34)cc2)n1. The fraction of sp³-hybridized carbons (Fsp3) is 0.167. The number of benzene rings is 2. The van der Waals surface area contributed by atoms with Crippen LogP contribution >= 0.6 is 0 Å². The van der Waals surface area contributed by atoms with E-state index in [-0.39, 0.29) is 23.6 Å². The number of nitrogens with zero attached hydrogens (tertiary/aromatic N) is 3. The quantitative estimate of drug-likeness (QED) is 0.418. The first kappa shape index (κ1) is 21.8. The van der Waals surface area contributed by atoms with Gasteiger partial charge in [0.25, 0.3) is 0 Å². The van der Waals surface area contributed by atoms with Crippen molar-refractivity contribution in [3.05, 3.63) is 72.1 Å². The minimum Gasteiger partial charge on any atom is -0.496 e. The number of aryl methyl sites for hydroxylation is 1. The molecule has 2 heterocycles. The molecule has 0 radical (unpaired) electrons. The van der Waals surface area contributed by atoms with E-state index < -0.39 is 5.97 Å². The van der Waals surface area contributed by atoms with Gasteiger partial charge in [0.15, 0.2) is 5.82 Å². The standard InChI is InChI=1S/C24H22N4O5/c1-3-28-11-9-22(27-28)26-23(29)12-15-4-6-16(7-5-15)33-20-8-10-25-19-14-21(32-2)18(24(30)31)13-17(19)20/h4-11,13-14H,3,12H2,1-2H3,(H,30,31)(H,26,27,29). The Morgan fingerprint density at radius 2 is 1.88 bits per heavy atom. The third kappa shape index (κ3) is 4.93. The zero-order valence-corrected chi connectivity index (χ0v) is 18.1. The van der Waals surface area contributed by atoms with E-state index in [4.69, 9.17) is 9.47 Å². The van der Waals surface area contributed by atoms with Crippen molar-refractivity contribution < 1.29 is 24.2 Å². The number of carboxylic acids is 1. The molecule has 2 N–H and O–H groups in total. The minimum absolute atomic E-state index is 0.0213. The Kier molecular flexibility index (Phi) is 6.21. The highest BCUT2D eigenvalue weighted by molar-refractivity contribution is 5.98. The Morgan fingerprint density at radius 1 is 1.09 bits per heavy atom. The van der Waals surface area contributed by atoms with Crippen molar-refractivity contribution in [2.24, 2.45) is 0 Å². The lowest BCUT2D eigenvalue weighted by atomic mass is 10.1. The Hall–Kier alpha value is -4.40. The van der Waals surface area contributed by atoms with Crippen LogP contribution in [-0.4, -0.2) is 38.9 Å². The summed E-state index contributed by atoms with van der Waals surface area (Å²) in [7, 11) is 1.41. The van der Waals surface area contributed by atoms with Gasteiger partial charge >= 0.3 is 5.97 Å². The zero-order chi connectivity index (χ0) is 23.4. The number of carboxylic acid groups (broad SMARTS) is 1. The number of fused-ring (bicyclic) bond motifs is 1. The molecular weight excluding hydrogens is 424 g/mol. The van der Waals surface area contributed by atoms with Crippen LogP contribution in [0.2, 0.25) is 0 Å². The largest absolute Gasteiger partial charge is 0.496 e. The molecule has 2 aromatic heterocycles. The number of hydrogen-bond donors (Lipinski definition) is 2. The molecule has 2 aromatic carbocycles. The number of pyridine rings is 1. The van der Waals surface area contributed by atoms with Gasteiger partial charge in [-0.2, -0.15) is 5.10 Å². The van der Waals surface area contributed by atoms with Crippen LogP contribution in [0.1, 0.15) is 22.8 Å². The average Bonchev–Trinajstić information content (AvgIpc) is 3.27. The Labute approximate surface area is 189 Å². The minimum atomic E-state index is -1.10. The number of anilines is 1. The van der Waals surface area contributed by atoms with Crippen molar-refractivity contribution in [2.75, 3.05) is 12.4 Å². The van der Waals surface area contributed by atoms with E-state index >= 15 is 0 Å². The average molecular weight is 446 g/mol. The second-order valence-corrected chi connectivity index (χ2v) is 7.21. The highest BCUT2D eigenvalue weighted by Crippen LogP contribution is 2.33. The summed E-state index contributed by atoms with van der Waals surface area (Å²) in [4.78, 5) is 28.1. The predicted octanol–water partition coefficient (Wildman–Crippen LogP) is 4.13. The highest BCUT2D eigenvalue weighted by Gasteiger charge is 2.15. The summed E-state index contributed by atoms with van der Waals surface area (Å²) < 4.78 is 12.9. The third-order valence-electron chi connectivity index (χ3n) is 5.00. The lowest BCUT2D eigenvalue weighted by Crippen LogP contribution is -2.15. The molecule has 0 fully saturated rings. The Balaban J connectivity index is 1.49. The van der Waals surface area contributed by atoms with E-state index in [9.17, 15) is 14.7 Å². The van der Waals surface area contributed by atoms with E-state index in [1.807, 2.05) is 6.92 Å². The van der Waals surface area contributed by atoms with Gasteiger partial charge in [-0.15, -0.1) is 0 Å². The van der Waals surface area contributed by atoms with Gasteiger partial charge < -0.3 is 19.9 Å². The normalized spacial score (nSPS) is 10.7. The number of carbonyl (C=O) groups is 2. The van der Waals surface area contributed by atoms with Gasteiger partial charge in [0.1, 0.15) is 22.8 Å². The molecule has 1 amide bonds. The van der Waals surface area contributed by atoms with Crippen molar-refractivity contribution >= 4 is 28.6 Å². The molecule has 0 aliphatic carbocycles. The molecule has 0 spiro atoms. The van der Waals surface area contributed by atoms with Crippen molar-refractivity contribution in [3.63, 3.8) is 0 Å². The molecule has 0 bridgehead atoms. The molecule has 0 aliphatic heterocycles. The maximum atomic E-state index is 12.3. The van der Waals surface area contributed by atoms with Gasteiger partial charge in [0.05, 0.1) is 19.0 Å². The van der Waals surface area contributed by atoms with Gasteiger partial charge in [-0.05, 0) is 36.8 Å². The van der Waals surface area contributed by atoms with Crippen LogP contribution in [0, 0.1) is 0 Å². The van der Waals surface area contributed by atoms with Crippen LogP contribution in [0.5, 0.6) is 17.2 Å². The van der Waals surface area contributed by atoms with Crippen molar-refractivity contribution in [1.82, 2.24) is 14.8 Å². The topological polar surface area (TPSA) is 116 Å². The molecule has 0 aliphatic rings. The number of aromatic nitrogens is 3. The van der Waals surface area contributed by atoms with Crippen LogP contribution in [0.25, 0.3) is 10.9 Å². The van der Waals surface area contributed by atoms with Gasteiger partial charge in [-0.25, -0.2) is 4.79 Å². The van der Waals surface area contributed by atoms with Crippen molar-refractivity contribution in [3.8, 4) is 17.2 Å². The molecule has 0 saturated heterocycles. The number of nitrogens with one attached hydrogen (secondary N) is 1. The zero-order valence-electron chi connectivity index (χ0n) is 18.1. The summed E-state index contributed by atoms with van der Waals surface area (Å²) in [6, 6.07) is 13.6. The molecule has 9 heteroatoms. The highest BCUT2D eigenvalue weighted by atomic mass is 16.5. The van der Waals surface area contributed by atoms with Crippen molar-refractivity contribution in [2.45, 2.75) is 19.9 Å². The van der Waals surface area contributed by atoms with Crippen LogP contribution in [0.15, 0.2) is 60.9 Å². The maximum absolute atomic E-state index is 12.3. The lowest BCUT2D eigenvalue weighted by Gasteiger charge is -2.12. The number of carbonyl (C=O) groups excluding carboxylic acids is 1. The summed E-state index contributed by atoms with van der Waals surface area (Å²) in [5.41, 5.74) is 1.38. The molecule has 0 atom stereocenters. The molecule has 33 heavy (non-hydrogen) atoms. The molecule has 0 unspecified atom stereocenters. The first-order valence-corrected chi connectivity index (χ1v) is 10.3. The first-order chi connectivity index (χ1) is 16.0. The molecule has 4 rings (SSSR count). The summed E-state index contributed by atoms with van der Waals surface area (Å²) in [6.07, 6.45) is 3.58. The number of ether oxygens (including phenoxy) is 2. The van der Waals surface area contributed by atoms with Crippen LogP contribution < -0.4 is 14.8 Å². The van der Waals surface area contributed by atoms with E-state index in [0.29, 0.717) is 28.2 Å². The summed E-state index contributed by atoms with van der Waals surface area (Å²) in [5, 5.41) is 17.0. The second kappa shape index (κ2) is 9.39. The van der Waals surface area contributed by atoms with Gasteiger partial charge in [0.2, 0.25) is 5.91 Å². The van der Waals surface area contributed by atoms with E-state index in [0.717, 1.165) is 12.1 Å². The number of amides is 1. The summed E-state index contributed by atoms with van der Waals surface area (Å²) in [6.45, 7) is 2.70. The number of rotatable bonds is 8. The second-order valence-electron chi connectivity index (χ2n) is 7.21. The molecule has 9 nitrogen and oxygen atoms in total. The number of methoxy groups -OCH3 is 1. The molecule has 4 aromatic rings. The first-order valence-electron chi connectivity index (χ1n) is 10.3. The smallest absolute Gasteiger partial charge is 0.339 e. The Morgan fingerprint density at radius 3 is 2.55 bits per heavy atom. The van der Waals surface area contributed by atoms with Gasteiger partial charge in [-0.1, -0.05) is 12.1 Å². The maximum Gasteiger partial charge on any atom is 0.339 e. The summed E-state index contributed by atoms with van der Waals surface area (Å²) >= 11 is 0. The fourth-order valence-corrected chi connectivity index (χ4v) is 3.35. The number of aromatic carboxylic acids is 1. The van der Waals surface area contributed by atoms with E-state index in [1.165, 1.54) is 13.2 Å².